The Balaban J connectivity index is 1.59. The Labute approximate surface area is 159 Å². The van der Waals surface area contributed by atoms with Crippen LogP contribution in [0.1, 0.15) is 36.2 Å². The lowest BCUT2D eigenvalue weighted by molar-refractivity contribution is -0.126. The second-order valence-electron chi connectivity index (χ2n) is 6.88. The van der Waals surface area contributed by atoms with Gasteiger partial charge in [0.1, 0.15) is 5.75 Å². The number of aromatic nitrogens is 2. The quantitative estimate of drug-likeness (QED) is 0.742. The van der Waals surface area contributed by atoms with E-state index in [0.717, 1.165) is 41.2 Å². The fourth-order valence-corrected chi connectivity index (χ4v) is 3.04. The molecule has 27 heavy (non-hydrogen) atoms. The second-order valence-corrected chi connectivity index (χ2v) is 6.88. The standard InChI is InChI=1S/C20H26N4O3/c1-13-18(9-10-19(25)21-12-20(26)22-15-7-8-15)14(2)24(23-13)16-5-4-6-17(11-16)27-3/h4-6,11,15H,7-10,12H2,1-3H3,(H,21,25)(H,22,26). The number of hydrogen-bond acceptors (Lipinski definition) is 4. The van der Waals surface area contributed by atoms with Crippen LogP contribution in [0.5, 0.6) is 5.75 Å². The first-order valence-electron chi connectivity index (χ1n) is 9.23. The van der Waals surface area contributed by atoms with Crippen LogP contribution < -0.4 is 15.4 Å². The smallest absolute Gasteiger partial charge is 0.239 e. The van der Waals surface area contributed by atoms with Gasteiger partial charge in [-0.3, -0.25) is 9.59 Å². The van der Waals surface area contributed by atoms with Crippen LogP contribution in [0.15, 0.2) is 24.3 Å². The highest BCUT2D eigenvalue weighted by Gasteiger charge is 2.23. The molecule has 1 aliphatic rings. The van der Waals surface area contributed by atoms with Crippen molar-refractivity contribution < 1.29 is 14.3 Å². The molecule has 7 nitrogen and oxygen atoms in total. The number of aryl methyl sites for hydroxylation is 1. The first kappa shape index (κ1) is 18.9. The summed E-state index contributed by atoms with van der Waals surface area (Å²) in [6, 6.07) is 8.01. The van der Waals surface area contributed by atoms with Crippen molar-refractivity contribution >= 4 is 11.8 Å². The van der Waals surface area contributed by atoms with E-state index in [1.807, 2.05) is 42.8 Å². The van der Waals surface area contributed by atoms with Crippen LogP contribution in [0.25, 0.3) is 5.69 Å². The molecule has 0 saturated heterocycles. The SMILES string of the molecule is COc1cccc(-n2nc(C)c(CCC(=O)NCC(=O)NC3CC3)c2C)c1. The lowest BCUT2D eigenvalue weighted by atomic mass is 10.1. The molecule has 1 heterocycles. The summed E-state index contributed by atoms with van der Waals surface area (Å²) in [5, 5.41) is 10.2. The van der Waals surface area contributed by atoms with Gasteiger partial charge in [0.2, 0.25) is 11.8 Å². The third-order valence-electron chi connectivity index (χ3n) is 4.73. The first-order chi connectivity index (χ1) is 13.0. The minimum atomic E-state index is -0.131. The Morgan fingerprint density at radius 1 is 1.26 bits per heavy atom. The topological polar surface area (TPSA) is 85.2 Å². The Hall–Kier alpha value is -2.83. The van der Waals surface area contributed by atoms with Crippen molar-refractivity contribution in [3.05, 3.63) is 41.2 Å². The predicted octanol–water partition coefficient (Wildman–Crippen LogP) is 1.83. The van der Waals surface area contributed by atoms with Crippen LogP contribution >= 0.6 is 0 Å². The minimum absolute atomic E-state index is 0.0381. The molecule has 1 aromatic carbocycles. The number of hydrogen-bond donors (Lipinski definition) is 2. The molecule has 0 unspecified atom stereocenters. The van der Waals surface area contributed by atoms with Crippen LogP contribution in [0.4, 0.5) is 0 Å². The molecule has 0 atom stereocenters. The van der Waals surface area contributed by atoms with Gasteiger partial charge in [-0.25, -0.2) is 4.68 Å². The van der Waals surface area contributed by atoms with E-state index in [2.05, 4.69) is 15.7 Å². The monoisotopic (exact) mass is 370 g/mol. The molecule has 1 aromatic heterocycles. The van der Waals surface area contributed by atoms with E-state index in [1.165, 1.54) is 0 Å². The summed E-state index contributed by atoms with van der Waals surface area (Å²) in [4.78, 5) is 23.7. The molecule has 0 spiro atoms. The largest absolute Gasteiger partial charge is 0.497 e. The van der Waals surface area contributed by atoms with E-state index in [0.29, 0.717) is 18.9 Å². The van der Waals surface area contributed by atoms with Gasteiger partial charge in [-0.1, -0.05) is 6.07 Å². The summed E-state index contributed by atoms with van der Waals surface area (Å²) < 4.78 is 7.15. The van der Waals surface area contributed by atoms with Crippen molar-refractivity contribution in [1.29, 1.82) is 0 Å². The molecule has 0 radical (unpaired) electrons. The normalized spacial score (nSPS) is 13.3. The molecule has 144 valence electrons. The number of rotatable bonds is 8. The molecule has 7 heteroatoms. The van der Waals surface area contributed by atoms with Crippen LogP contribution in [0.3, 0.4) is 0 Å². The van der Waals surface area contributed by atoms with Crippen LogP contribution in [-0.2, 0) is 16.0 Å². The first-order valence-corrected chi connectivity index (χ1v) is 9.23. The van der Waals surface area contributed by atoms with Gasteiger partial charge in [0.25, 0.3) is 0 Å². The van der Waals surface area contributed by atoms with E-state index >= 15 is 0 Å². The number of nitrogens with one attached hydrogen (secondary N) is 2. The Bertz CT molecular complexity index is 840. The highest BCUT2D eigenvalue weighted by molar-refractivity contribution is 5.85. The Morgan fingerprint density at radius 2 is 2.04 bits per heavy atom. The van der Waals surface area contributed by atoms with Crippen molar-refractivity contribution in [2.75, 3.05) is 13.7 Å². The molecule has 3 rings (SSSR count). The van der Waals surface area contributed by atoms with Crippen molar-refractivity contribution in [3.63, 3.8) is 0 Å². The van der Waals surface area contributed by atoms with E-state index in [9.17, 15) is 9.59 Å². The van der Waals surface area contributed by atoms with Crippen molar-refractivity contribution in [1.82, 2.24) is 20.4 Å². The van der Waals surface area contributed by atoms with E-state index < -0.39 is 0 Å². The lowest BCUT2D eigenvalue weighted by Gasteiger charge is -2.08. The number of carbonyl (C=O) groups excluding carboxylic acids is 2. The maximum atomic E-state index is 12.1. The zero-order valence-electron chi connectivity index (χ0n) is 16.0. The van der Waals surface area contributed by atoms with Gasteiger partial charge in [-0.15, -0.1) is 0 Å². The van der Waals surface area contributed by atoms with Crippen molar-refractivity contribution in [3.8, 4) is 11.4 Å². The fraction of sp³-hybridized carbons (Fsp3) is 0.450. The predicted molar refractivity (Wildman–Crippen MR) is 102 cm³/mol. The minimum Gasteiger partial charge on any atom is -0.497 e. The Morgan fingerprint density at radius 3 is 2.74 bits per heavy atom. The molecule has 1 fully saturated rings. The van der Waals surface area contributed by atoms with Gasteiger partial charge in [0.05, 0.1) is 25.0 Å². The molecule has 0 bridgehead atoms. The lowest BCUT2D eigenvalue weighted by Crippen LogP contribution is -2.37. The average Bonchev–Trinajstić information content (AvgIpc) is 3.43. The second kappa shape index (κ2) is 8.24. The zero-order chi connectivity index (χ0) is 19.4. The summed E-state index contributed by atoms with van der Waals surface area (Å²) >= 11 is 0. The Kier molecular flexibility index (Phi) is 5.78. The van der Waals surface area contributed by atoms with Crippen LogP contribution in [0.2, 0.25) is 0 Å². The average molecular weight is 370 g/mol. The highest BCUT2D eigenvalue weighted by Crippen LogP contribution is 2.22. The fourth-order valence-electron chi connectivity index (χ4n) is 3.04. The van der Waals surface area contributed by atoms with Gasteiger partial charge in [-0.2, -0.15) is 5.10 Å². The maximum Gasteiger partial charge on any atom is 0.239 e. The van der Waals surface area contributed by atoms with Crippen molar-refractivity contribution in [2.24, 2.45) is 0 Å². The third-order valence-corrected chi connectivity index (χ3v) is 4.73. The molecular weight excluding hydrogens is 344 g/mol. The van der Waals surface area contributed by atoms with Gasteiger partial charge >= 0.3 is 0 Å². The van der Waals surface area contributed by atoms with Gasteiger partial charge in [0.15, 0.2) is 0 Å². The van der Waals surface area contributed by atoms with E-state index in [4.69, 9.17) is 4.74 Å². The summed E-state index contributed by atoms with van der Waals surface area (Å²) in [7, 11) is 1.63. The van der Waals surface area contributed by atoms with E-state index in [1.54, 1.807) is 7.11 Å². The van der Waals surface area contributed by atoms with Crippen LogP contribution in [0, 0.1) is 13.8 Å². The number of ether oxygens (including phenoxy) is 1. The van der Waals surface area contributed by atoms with Gasteiger partial charge < -0.3 is 15.4 Å². The maximum absolute atomic E-state index is 12.1. The molecule has 1 aliphatic carbocycles. The number of carbonyl (C=O) groups is 2. The molecule has 1 saturated carbocycles. The zero-order valence-corrected chi connectivity index (χ0v) is 16.0. The highest BCUT2D eigenvalue weighted by atomic mass is 16.5. The number of amides is 2. The van der Waals surface area contributed by atoms with Crippen LogP contribution in [-0.4, -0.2) is 41.3 Å². The third kappa shape index (κ3) is 4.87. The number of nitrogens with zero attached hydrogens (tertiary/aromatic N) is 2. The number of benzene rings is 1. The van der Waals surface area contributed by atoms with Crippen molar-refractivity contribution in [2.45, 2.75) is 45.6 Å². The summed E-state index contributed by atoms with van der Waals surface area (Å²) in [5.74, 6) is 0.517. The summed E-state index contributed by atoms with van der Waals surface area (Å²) in [5.41, 5.74) is 3.87. The van der Waals surface area contributed by atoms with Gasteiger partial charge in [0, 0.05) is 24.2 Å². The summed E-state index contributed by atoms with van der Waals surface area (Å²) in [6.45, 7) is 3.98. The van der Waals surface area contributed by atoms with E-state index in [-0.39, 0.29) is 18.4 Å². The molecule has 0 aliphatic heterocycles. The van der Waals surface area contributed by atoms with Gasteiger partial charge in [-0.05, 0) is 50.8 Å². The molecular formula is C20H26N4O3. The molecule has 2 aromatic rings. The molecule has 2 amide bonds. The number of methoxy groups -OCH3 is 1. The molecule has 2 N–H and O–H groups in total. The summed E-state index contributed by atoms with van der Waals surface area (Å²) in [6.07, 6.45) is 2.98.